The summed E-state index contributed by atoms with van der Waals surface area (Å²) in [5.41, 5.74) is -1.15. The number of hydrogen-bond acceptors (Lipinski definition) is 4. The van der Waals surface area contributed by atoms with E-state index in [2.05, 4.69) is 26.1 Å². The lowest BCUT2D eigenvalue weighted by molar-refractivity contribution is -0.141. The summed E-state index contributed by atoms with van der Waals surface area (Å²) in [6, 6.07) is -0.939. The third-order valence-electron chi connectivity index (χ3n) is 6.63. The molecule has 0 aliphatic heterocycles. The van der Waals surface area contributed by atoms with Gasteiger partial charge in [0.05, 0.1) is 5.60 Å². The summed E-state index contributed by atoms with van der Waals surface area (Å²) in [6.07, 6.45) is 2.54. The van der Waals surface area contributed by atoms with Gasteiger partial charge in [-0.3, -0.25) is 9.59 Å². The zero-order valence-corrected chi connectivity index (χ0v) is 13.6. The van der Waals surface area contributed by atoms with Gasteiger partial charge in [-0.15, -0.1) is 0 Å². The van der Waals surface area contributed by atoms with Crippen LogP contribution in [0, 0.1) is 16.7 Å². The lowest BCUT2D eigenvalue weighted by atomic mass is 9.64. The number of hydrogen-bond donors (Lipinski definition) is 4. The molecule has 0 amide bonds. The summed E-state index contributed by atoms with van der Waals surface area (Å²) >= 11 is 0. The quantitative estimate of drug-likeness (QED) is 0.567. The predicted molar refractivity (Wildman–Crippen MR) is 80.5 cm³/mol. The maximum atomic E-state index is 11.3. The number of aliphatic carboxylic acids is 2. The van der Waals surface area contributed by atoms with E-state index in [-0.39, 0.29) is 30.2 Å². The van der Waals surface area contributed by atoms with E-state index in [0.717, 1.165) is 12.8 Å². The van der Waals surface area contributed by atoms with Crippen LogP contribution in [0.15, 0.2) is 0 Å². The fourth-order valence-electron chi connectivity index (χ4n) is 4.56. The number of aliphatic hydroxyl groups is 1. The number of carboxylic acids is 2. The molecule has 4 atom stereocenters. The van der Waals surface area contributed by atoms with Crippen LogP contribution in [0.25, 0.3) is 0 Å². The third-order valence-corrected chi connectivity index (χ3v) is 6.63. The van der Waals surface area contributed by atoms with Crippen molar-refractivity contribution in [3.8, 4) is 0 Å². The first kappa shape index (κ1) is 17.2. The molecule has 0 aromatic carbocycles. The molecule has 2 aliphatic rings. The minimum absolute atomic E-state index is 0.0181. The number of carboxylic acid groups (broad SMARTS) is 2. The minimum Gasteiger partial charge on any atom is -0.481 e. The van der Waals surface area contributed by atoms with Gasteiger partial charge in [-0.25, -0.2) is 0 Å². The summed E-state index contributed by atoms with van der Waals surface area (Å²) in [6.45, 7) is 6.65. The van der Waals surface area contributed by atoms with Crippen LogP contribution in [0.5, 0.6) is 0 Å². The van der Waals surface area contributed by atoms with Crippen molar-refractivity contribution in [3.63, 3.8) is 0 Å². The monoisotopic (exact) mass is 313 g/mol. The summed E-state index contributed by atoms with van der Waals surface area (Å²) in [7, 11) is 0. The van der Waals surface area contributed by atoms with Crippen molar-refractivity contribution in [1.29, 1.82) is 0 Å². The highest BCUT2D eigenvalue weighted by molar-refractivity contribution is 5.75. The van der Waals surface area contributed by atoms with E-state index in [9.17, 15) is 19.8 Å². The van der Waals surface area contributed by atoms with Gasteiger partial charge >= 0.3 is 11.9 Å². The van der Waals surface area contributed by atoms with Crippen LogP contribution in [-0.4, -0.2) is 45.4 Å². The Balaban J connectivity index is 2.04. The first-order valence-electron chi connectivity index (χ1n) is 7.94. The Labute approximate surface area is 130 Å². The van der Waals surface area contributed by atoms with Crippen molar-refractivity contribution in [3.05, 3.63) is 0 Å². The van der Waals surface area contributed by atoms with Gasteiger partial charge < -0.3 is 20.6 Å². The largest absolute Gasteiger partial charge is 0.481 e. The molecule has 0 radical (unpaired) electrons. The van der Waals surface area contributed by atoms with E-state index >= 15 is 0 Å². The molecule has 2 bridgehead atoms. The molecule has 2 aliphatic carbocycles. The molecule has 6 nitrogen and oxygen atoms in total. The molecule has 126 valence electrons. The topological polar surface area (TPSA) is 107 Å². The second kappa shape index (κ2) is 5.49. The first-order valence-corrected chi connectivity index (χ1v) is 7.94. The molecule has 6 heteroatoms. The van der Waals surface area contributed by atoms with Gasteiger partial charge in [0.2, 0.25) is 0 Å². The minimum atomic E-state index is -1.07. The molecule has 0 aromatic rings. The molecule has 4 N–H and O–H groups in total. The van der Waals surface area contributed by atoms with Crippen LogP contribution in [0.2, 0.25) is 0 Å². The lowest BCUT2D eigenvalue weighted by Crippen LogP contribution is -2.55. The van der Waals surface area contributed by atoms with Gasteiger partial charge in [0.25, 0.3) is 0 Å². The van der Waals surface area contributed by atoms with Gasteiger partial charge in [-0.05, 0) is 37.0 Å². The Morgan fingerprint density at radius 1 is 1.27 bits per heavy atom. The number of carbonyl (C=O) groups is 2. The second-order valence-electron chi connectivity index (χ2n) is 7.73. The van der Waals surface area contributed by atoms with Crippen molar-refractivity contribution in [2.24, 2.45) is 16.7 Å². The maximum absolute atomic E-state index is 11.3. The van der Waals surface area contributed by atoms with Crippen molar-refractivity contribution in [1.82, 2.24) is 5.32 Å². The molecule has 2 fully saturated rings. The van der Waals surface area contributed by atoms with Crippen molar-refractivity contribution in [2.75, 3.05) is 6.54 Å². The molecule has 22 heavy (non-hydrogen) atoms. The van der Waals surface area contributed by atoms with E-state index < -0.39 is 23.6 Å². The van der Waals surface area contributed by atoms with Gasteiger partial charge in [0.15, 0.2) is 0 Å². The highest BCUT2D eigenvalue weighted by Gasteiger charge is 2.68. The second-order valence-corrected chi connectivity index (χ2v) is 7.73. The van der Waals surface area contributed by atoms with Crippen LogP contribution < -0.4 is 5.32 Å². The summed E-state index contributed by atoms with van der Waals surface area (Å²) in [5.74, 6) is -1.64. The molecule has 2 saturated carbocycles. The first-order chi connectivity index (χ1) is 10.0. The summed E-state index contributed by atoms with van der Waals surface area (Å²) in [5, 5.41) is 31.9. The van der Waals surface area contributed by atoms with Crippen molar-refractivity contribution >= 4 is 11.9 Å². The molecule has 0 spiro atoms. The highest BCUT2D eigenvalue weighted by atomic mass is 16.4. The smallest absolute Gasteiger partial charge is 0.320 e. The number of nitrogens with one attached hydrogen (secondary N) is 1. The normalized spacial score (nSPS) is 37.2. The summed E-state index contributed by atoms with van der Waals surface area (Å²) in [4.78, 5) is 21.9. The fourth-order valence-corrected chi connectivity index (χ4v) is 4.56. The Kier molecular flexibility index (Phi) is 4.30. The van der Waals surface area contributed by atoms with Gasteiger partial charge in [0.1, 0.15) is 6.04 Å². The standard InChI is InChI=1S/C16H27NO5/c1-14(2)10-6-7-15(14,3)16(22,8-10)9-17-11(13(20)21)4-5-12(18)19/h10-11,17,22H,4-9H2,1-3H3,(H,18,19)(H,20,21)/t10?,11-,15?,16?/m0/s1. The van der Waals surface area contributed by atoms with Crippen LogP contribution in [-0.2, 0) is 9.59 Å². The molecule has 2 rings (SSSR count). The Morgan fingerprint density at radius 2 is 1.91 bits per heavy atom. The van der Waals surface area contributed by atoms with Gasteiger partial charge in [-0.2, -0.15) is 0 Å². The Hall–Kier alpha value is -1.14. The van der Waals surface area contributed by atoms with E-state index in [1.54, 1.807) is 0 Å². The van der Waals surface area contributed by atoms with Crippen LogP contribution in [0.1, 0.15) is 52.9 Å². The average molecular weight is 313 g/mol. The number of rotatable bonds is 7. The van der Waals surface area contributed by atoms with E-state index in [0.29, 0.717) is 12.3 Å². The van der Waals surface area contributed by atoms with E-state index in [4.69, 9.17) is 5.11 Å². The summed E-state index contributed by atoms with van der Waals surface area (Å²) < 4.78 is 0. The number of fused-ring (bicyclic) bond motifs is 2. The maximum Gasteiger partial charge on any atom is 0.320 e. The molecule has 0 heterocycles. The molecule has 3 unspecified atom stereocenters. The zero-order valence-electron chi connectivity index (χ0n) is 13.6. The predicted octanol–water partition coefficient (Wildman–Crippen LogP) is 1.47. The third kappa shape index (κ3) is 2.52. The Bertz CT molecular complexity index is 477. The van der Waals surface area contributed by atoms with Crippen LogP contribution in [0.3, 0.4) is 0 Å². The molecular weight excluding hydrogens is 286 g/mol. The van der Waals surface area contributed by atoms with Gasteiger partial charge in [0, 0.05) is 18.4 Å². The Morgan fingerprint density at radius 3 is 2.32 bits per heavy atom. The van der Waals surface area contributed by atoms with E-state index in [1.165, 1.54) is 0 Å². The highest BCUT2D eigenvalue weighted by Crippen LogP contribution is 2.69. The fraction of sp³-hybridized carbons (Fsp3) is 0.875. The SMILES string of the molecule is CC1(C)C2CCC1(C)C(O)(CN[C@@H](CCC(=O)O)C(=O)O)C2. The average Bonchev–Trinajstić information content (AvgIpc) is 2.69. The molecule has 0 saturated heterocycles. The van der Waals surface area contributed by atoms with E-state index in [1.807, 2.05) is 0 Å². The molecule has 0 aromatic heterocycles. The van der Waals surface area contributed by atoms with Gasteiger partial charge in [-0.1, -0.05) is 20.8 Å². The van der Waals surface area contributed by atoms with Crippen molar-refractivity contribution in [2.45, 2.75) is 64.5 Å². The zero-order chi connectivity index (χ0) is 16.8. The van der Waals surface area contributed by atoms with Crippen molar-refractivity contribution < 1.29 is 24.9 Å². The van der Waals surface area contributed by atoms with Crippen LogP contribution >= 0.6 is 0 Å². The van der Waals surface area contributed by atoms with Crippen LogP contribution in [0.4, 0.5) is 0 Å². The molecular formula is C16H27NO5. The lowest BCUT2D eigenvalue weighted by Gasteiger charge is -2.45.